The average molecular weight is 362 g/mol. The first kappa shape index (κ1) is 21.4. The number of aliphatic carboxylic acids is 2. The zero-order valence-corrected chi connectivity index (χ0v) is 15.3. The number of hydrogen-bond acceptors (Lipinski definition) is 4. The number of carbonyl (C=O) groups is 3. The van der Waals surface area contributed by atoms with Crippen molar-refractivity contribution in [3.8, 4) is 0 Å². The van der Waals surface area contributed by atoms with Gasteiger partial charge in [-0.3, -0.25) is 14.4 Å². The largest absolute Gasteiger partial charge is 0.481 e. The van der Waals surface area contributed by atoms with E-state index in [2.05, 4.69) is 0 Å². The molecule has 0 heterocycles. The summed E-state index contributed by atoms with van der Waals surface area (Å²) in [5.74, 6) is -4.38. The number of carboxylic acid groups (broad SMARTS) is 2. The van der Waals surface area contributed by atoms with Crippen LogP contribution in [0.2, 0.25) is 0 Å². The first-order valence-electron chi connectivity index (χ1n) is 8.48. The van der Waals surface area contributed by atoms with Crippen molar-refractivity contribution >= 4 is 17.9 Å². The van der Waals surface area contributed by atoms with Crippen LogP contribution < -0.4 is 0 Å². The maximum Gasteiger partial charge on any atom is 0.310 e. The van der Waals surface area contributed by atoms with Crippen LogP contribution in [0.5, 0.6) is 0 Å². The summed E-state index contributed by atoms with van der Waals surface area (Å²) in [4.78, 5) is 34.6. The van der Waals surface area contributed by atoms with E-state index < -0.39 is 35.3 Å². The number of carboxylic acids is 2. The van der Waals surface area contributed by atoms with Gasteiger partial charge in [-0.2, -0.15) is 0 Å². The van der Waals surface area contributed by atoms with Crippen molar-refractivity contribution in [1.29, 1.82) is 0 Å². The van der Waals surface area contributed by atoms with Gasteiger partial charge >= 0.3 is 17.9 Å². The summed E-state index contributed by atoms with van der Waals surface area (Å²) in [5.41, 5.74) is 0.223. The Morgan fingerprint density at radius 1 is 1.00 bits per heavy atom. The third kappa shape index (κ3) is 8.46. The van der Waals surface area contributed by atoms with E-state index in [1.807, 2.05) is 30.3 Å². The number of esters is 1. The van der Waals surface area contributed by atoms with Crippen molar-refractivity contribution in [2.45, 2.75) is 45.6 Å². The molecule has 26 heavy (non-hydrogen) atoms. The van der Waals surface area contributed by atoms with Crippen molar-refractivity contribution in [3.05, 3.63) is 48.0 Å². The molecule has 6 nitrogen and oxygen atoms in total. The molecule has 1 aromatic rings. The van der Waals surface area contributed by atoms with Crippen molar-refractivity contribution in [2.24, 2.45) is 11.8 Å². The molecule has 0 fully saturated rings. The predicted octanol–water partition coefficient (Wildman–Crippen LogP) is 3.31. The molecule has 2 N–H and O–H groups in total. The van der Waals surface area contributed by atoms with Gasteiger partial charge in [0.05, 0.1) is 11.8 Å². The molecule has 1 rings (SSSR count). The Hall–Kier alpha value is -2.63. The number of benzene rings is 1. The van der Waals surface area contributed by atoms with Gasteiger partial charge in [0.15, 0.2) is 0 Å². The second-order valence-electron chi connectivity index (χ2n) is 7.09. The Balaban J connectivity index is 2.72. The second kappa shape index (κ2) is 9.75. The van der Waals surface area contributed by atoms with Gasteiger partial charge in [0.2, 0.25) is 0 Å². The van der Waals surface area contributed by atoms with Crippen LogP contribution in [-0.2, 0) is 25.5 Å². The topological polar surface area (TPSA) is 101 Å². The van der Waals surface area contributed by atoms with Gasteiger partial charge in [0.1, 0.15) is 5.60 Å². The second-order valence-corrected chi connectivity index (χ2v) is 7.09. The van der Waals surface area contributed by atoms with Crippen molar-refractivity contribution in [1.82, 2.24) is 0 Å². The highest BCUT2D eigenvalue weighted by atomic mass is 16.6. The summed E-state index contributed by atoms with van der Waals surface area (Å²) in [6.07, 6.45) is 3.02. The van der Waals surface area contributed by atoms with Gasteiger partial charge in [-0.05, 0) is 39.2 Å². The molecule has 2 atom stereocenters. The predicted molar refractivity (Wildman–Crippen MR) is 96.6 cm³/mol. The van der Waals surface area contributed by atoms with Crippen LogP contribution in [0.1, 0.15) is 39.2 Å². The molecular weight excluding hydrogens is 336 g/mol. The van der Waals surface area contributed by atoms with Gasteiger partial charge in [0, 0.05) is 6.42 Å². The molecule has 142 valence electrons. The van der Waals surface area contributed by atoms with Crippen LogP contribution in [0.3, 0.4) is 0 Å². The van der Waals surface area contributed by atoms with Gasteiger partial charge in [-0.1, -0.05) is 42.5 Å². The molecule has 0 unspecified atom stereocenters. The fraction of sp³-hybridized carbons (Fsp3) is 0.450. The fourth-order valence-electron chi connectivity index (χ4n) is 2.34. The zero-order valence-electron chi connectivity index (χ0n) is 15.3. The number of carbonyl (C=O) groups excluding carboxylic acids is 1. The fourth-order valence-corrected chi connectivity index (χ4v) is 2.34. The van der Waals surface area contributed by atoms with Gasteiger partial charge in [0.25, 0.3) is 0 Å². The molecule has 0 saturated heterocycles. The summed E-state index contributed by atoms with van der Waals surface area (Å²) >= 11 is 0. The van der Waals surface area contributed by atoms with Gasteiger partial charge in [-0.15, -0.1) is 0 Å². The van der Waals surface area contributed by atoms with Crippen LogP contribution in [0.25, 0.3) is 0 Å². The molecule has 1 aromatic carbocycles. The lowest BCUT2D eigenvalue weighted by atomic mass is 9.95. The lowest BCUT2D eigenvalue weighted by Gasteiger charge is -2.19. The Bertz CT molecular complexity index is 642. The van der Waals surface area contributed by atoms with E-state index in [1.165, 1.54) is 12.2 Å². The standard InChI is InChI=1S/C20H26O6/c1-20(2,3)26-17(21)12-11-15(18(22)23)9-10-16(19(24)25)13-14-7-5-4-6-8-14/h4-10,15-16H,11-13H2,1-3H3,(H,22,23)(H,24,25)/b10-9+/t15-,16-/m1/s1. The molecule has 0 aliphatic rings. The maximum atomic E-state index is 11.7. The molecule has 0 amide bonds. The third-order valence-corrected chi connectivity index (χ3v) is 3.59. The molecule has 0 saturated carbocycles. The lowest BCUT2D eigenvalue weighted by molar-refractivity contribution is -0.155. The quantitative estimate of drug-likeness (QED) is 0.516. The van der Waals surface area contributed by atoms with Crippen LogP contribution in [0.4, 0.5) is 0 Å². The molecule has 0 aromatic heterocycles. The van der Waals surface area contributed by atoms with E-state index in [0.29, 0.717) is 0 Å². The molecule has 0 bridgehead atoms. The number of ether oxygens (including phenoxy) is 1. The third-order valence-electron chi connectivity index (χ3n) is 3.59. The van der Waals surface area contributed by atoms with E-state index in [1.54, 1.807) is 20.8 Å². The molecule has 0 spiro atoms. The van der Waals surface area contributed by atoms with E-state index in [4.69, 9.17) is 4.74 Å². The first-order chi connectivity index (χ1) is 12.1. The van der Waals surface area contributed by atoms with Crippen molar-refractivity contribution < 1.29 is 29.3 Å². The van der Waals surface area contributed by atoms with Crippen LogP contribution >= 0.6 is 0 Å². The molecule has 0 aliphatic carbocycles. The van der Waals surface area contributed by atoms with Crippen LogP contribution in [0.15, 0.2) is 42.5 Å². The SMILES string of the molecule is CC(C)(C)OC(=O)CC[C@@H](/C=C/[C@H](Cc1ccccc1)C(=O)O)C(=O)O. The highest BCUT2D eigenvalue weighted by Crippen LogP contribution is 2.16. The molecule has 6 heteroatoms. The highest BCUT2D eigenvalue weighted by molar-refractivity contribution is 5.76. The van der Waals surface area contributed by atoms with E-state index >= 15 is 0 Å². The summed E-state index contributed by atoms with van der Waals surface area (Å²) in [7, 11) is 0. The van der Waals surface area contributed by atoms with Crippen LogP contribution in [-0.4, -0.2) is 33.7 Å². The summed E-state index contributed by atoms with van der Waals surface area (Å²) in [6.45, 7) is 5.21. The first-order valence-corrected chi connectivity index (χ1v) is 8.48. The Labute approximate surface area is 153 Å². The van der Waals surface area contributed by atoms with E-state index in [9.17, 15) is 24.6 Å². The summed E-state index contributed by atoms with van der Waals surface area (Å²) in [6, 6.07) is 9.12. The Morgan fingerprint density at radius 3 is 2.04 bits per heavy atom. The number of rotatable bonds is 9. The molecular formula is C20H26O6. The monoisotopic (exact) mass is 362 g/mol. The number of hydrogen-bond donors (Lipinski definition) is 2. The highest BCUT2D eigenvalue weighted by Gasteiger charge is 2.21. The average Bonchev–Trinajstić information content (AvgIpc) is 2.52. The minimum absolute atomic E-state index is 0.0466. The summed E-state index contributed by atoms with van der Waals surface area (Å²) < 4.78 is 5.16. The minimum Gasteiger partial charge on any atom is -0.481 e. The molecule has 0 aliphatic heterocycles. The lowest BCUT2D eigenvalue weighted by Crippen LogP contribution is -2.24. The zero-order chi connectivity index (χ0) is 19.7. The van der Waals surface area contributed by atoms with Gasteiger partial charge < -0.3 is 14.9 Å². The Morgan fingerprint density at radius 2 is 1.54 bits per heavy atom. The van der Waals surface area contributed by atoms with Crippen LogP contribution in [0, 0.1) is 11.8 Å². The van der Waals surface area contributed by atoms with Crippen molar-refractivity contribution in [2.75, 3.05) is 0 Å². The molecule has 0 radical (unpaired) electrons. The van der Waals surface area contributed by atoms with Crippen molar-refractivity contribution in [3.63, 3.8) is 0 Å². The minimum atomic E-state index is -1.10. The maximum absolute atomic E-state index is 11.7. The normalized spacial score (nSPS) is 14.0. The smallest absolute Gasteiger partial charge is 0.310 e. The van der Waals surface area contributed by atoms with Gasteiger partial charge in [-0.25, -0.2) is 0 Å². The van der Waals surface area contributed by atoms with E-state index in [-0.39, 0.29) is 19.3 Å². The van der Waals surface area contributed by atoms with E-state index in [0.717, 1.165) is 5.56 Å². The Kier molecular flexibility index (Phi) is 8.03. The summed E-state index contributed by atoms with van der Waals surface area (Å²) in [5, 5.41) is 18.7.